The summed E-state index contributed by atoms with van der Waals surface area (Å²) in [5.41, 5.74) is 2.09. The van der Waals surface area contributed by atoms with Crippen molar-refractivity contribution < 1.29 is 4.92 Å². The Balaban J connectivity index is 1.92. The van der Waals surface area contributed by atoms with Gasteiger partial charge < -0.3 is 4.90 Å². The smallest absolute Gasteiger partial charge is 0.269 e. The summed E-state index contributed by atoms with van der Waals surface area (Å²) < 4.78 is 0. The summed E-state index contributed by atoms with van der Waals surface area (Å²) in [5.74, 6) is 1.70. The first-order valence-corrected chi connectivity index (χ1v) is 10.1. The van der Waals surface area contributed by atoms with Gasteiger partial charge in [0.05, 0.1) is 16.1 Å². The number of rotatable bonds is 4. The molecule has 2 fully saturated rings. The van der Waals surface area contributed by atoms with Gasteiger partial charge in [0.25, 0.3) is 5.69 Å². The van der Waals surface area contributed by atoms with Crippen molar-refractivity contribution >= 4 is 28.3 Å². The minimum absolute atomic E-state index is 0.128. The van der Waals surface area contributed by atoms with E-state index in [2.05, 4.69) is 18.7 Å². The van der Waals surface area contributed by atoms with E-state index in [-0.39, 0.29) is 16.1 Å². The van der Waals surface area contributed by atoms with Crippen LogP contribution in [-0.2, 0) is 0 Å². The van der Waals surface area contributed by atoms with Crippen LogP contribution >= 0.6 is 11.8 Å². The summed E-state index contributed by atoms with van der Waals surface area (Å²) in [6.07, 6.45) is 6.46. The molecule has 2 aliphatic rings. The summed E-state index contributed by atoms with van der Waals surface area (Å²) in [7, 11) is 0. The van der Waals surface area contributed by atoms with Crippen molar-refractivity contribution in [1.82, 2.24) is 4.90 Å². The molecule has 1 aromatic carbocycles. The van der Waals surface area contributed by atoms with E-state index in [4.69, 9.17) is 4.99 Å². The van der Waals surface area contributed by atoms with Crippen LogP contribution in [0.25, 0.3) is 0 Å². The van der Waals surface area contributed by atoms with Gasteiger partial charge in [-0.25, -0.2) is 4.99 Å². The molecule has 0 radical (unpaired) electrons. The largest absolute Gasteiger partial charge is 0.344 e. The summed E-state index contributed by atoms with van der Waals surface area (Å²) >= 11 is 1.85. The molecule has 1 aromatic rings. The van der Waals surface area contributed by atoms with Gasteiger partial charge in [-0.2, -0.15) is 0 Å². The van der Waals surface area contributed by atoms with Crippen LogP contribution in [-0.4, -0.2) is 32.8 Å². The first-order valence-electron chi connectivity index (χ1n) is 9.15. The van der Waals surface area contributed by atoms with Gasteiger partial charge >= 0.3 is 0 Å². The second kappa shape index (κ2) is 7.36. The fourth-order valence-electron chi connectivity index (χ4n) is 3.89. The highest BCUT2D eigenvalue weighted by molar-refractivity contribution is 8.14. The number of aliphatic imine (C=N–C) groups is 1. The molecule has 1 aliphatic heterocycles. The number of aryl methyl sites for hydroxylation is 1. The highest BCUT2D eigenvalue weighted by Crippen LogP contribution is 2.44. The summed E-state index contributed by atoms with van der Waals surface area (Å²) in [6.45, 7) is 7.44. The molecular formula is C19H27N3O2S. The maximum absolute atomic E-state index is 10.9. The monoisotopic (exact) mass is 361 g/mol. The number of thioether (sulfide) groups is 1. The molecule has 3 rings (SSSR count). The third-order valence-corrected chi connectivity index (χ3v) is 6.46. The van der Waals surface area contributed by atoms with Gasteiger partial charge in [-0.05, 0) is 37.3 Å². The van der Waals surface area contributed by atoms with E-state index in [0.29, 0.717) is 5.92 Å². The zero-order chi connectivity index (χ0) is 18.0. The van der Waals surface area contributed by atoms with Crippen molar-refractivity contribution in [3.8, 4) is 0 Å². The van der Waals surface area contributed by atoms with Crippen molar-refractivity contribution in [2.45, 2.75) is 58.4 Å². The first-order chi connectivity index (χ1) is 11.9. The van der Waals surface area contributed by atoms with E-state index in [1.54, 1.807) is 18.2 Å². The lowest BCUT2D eigenvalue weighted by Gasteiger charge is -2.42. The third kappa shape index (κ3) is 3.84. The van der Waals surface area contributed by atoms with Gasteiger partial charge in [0.15, 0.2) is 5.17 Å². The van der Waals surface area contributed by atoms with E-state index >= 15 is 0 Å². The second-order valence-electron chi connectivity index (χ2n) is 7.70. The van der Waals surface area contributed by atoms with Gasteiger partial charge in [0, 0.05) is 24.4 Å². The number of nitro benzene ring substituents is 1. The predicted octanol–water partition coefficient (Wildman–Crippen LogP) is 5.30. The lowest BCUT2D eigenvalue weighted by molar-refractivity contribution is -0.384. The van der Waals surface area contributed by atoms with E-state index in [1.807, 2.05) is 18.7 Å². The Morgan fingerprint density at radius 2 is 2.04 bits per heavy atom. The van der Waals surface area contributed by atoms with Crippen LogP contribution in [0, 0.1) is 23.0 Å². The van der Waals surface area contributed by atoms with Crippen molar-refractivity contribution in [3.63, 3.8) is 0 Å². The quantitative estimate of drug-likeness (QED) is 0.539. The number of amidine groups is 1. The standard InChI is InChI=1S/C19H27N3O2S/c1-14(2)12-21-18(25-13-19(21)9-5-4-6-10-19)20-17-8-7-16(22(23)24)11-15(17)3/h7-8,11,14H,4-6,9-10,12-13H2,1-3H3/b20-18+. The van der Waals surface area contributed by atoms with Crippen molar-refractivity contribution in [3.05, 3.63) is 33.9 Å². The van der Waals surface area contributed by atoms with Crippen molar-refractivity contribution in [2.24, 2.45) is 10.9 Å². The molecule has 25 heavy (non-hydrogen) atoms. The maximum Gasteiger partial charge on any atom is 0.269 e. The zero-order valence-corrected chi connectivity index (χ0v) is 16.1. The normalized spacial score (nSPS) is 21.4. The van der Waals surface area contributed by atoms with Gasteiger partial charge in [0.1, 0.15) is 0 Å². The average Bonchev–Trinajstić information content (AvgIpc) is 2.87. The zero-order valence-electron chi connectivity index (χ0n) is 15.3. The molecular weight excluding hydrogens is 334 g/mol. The number of hydrogen-bond acceptors (Lipinski definition) is 4. The number of hydrogen-bond donors (Lipinski definition) is 0. The molecule has 1 heterocycles. The third-order valence-electron chi connectivity index (χ3n) is 5.21. The Morgan fingerprint density at radius 1 is 1.32 bits per heavy atom. The first kappa shape index (κ1) is 18.2. The molecule has 6 heteroatoms. The Kier molecular flexibility index (Phi) is 5.37. The Hall–Kier alpha value is -1.56. The Bertz CT molecular complexity index is 681. The maximum atomic E-state index is 10.9. The van der Waals surface area contributed by atoms with Crippen LogP contribution in [0.4, 0.5) is 11.4 Å². The molecule has 0 amide bonds. The topological polar surface area (TPSA) is 58.7 Å². The van der Waals surface area contributed by atoms with E-state index in [1.165, 1.54) is 32.1 Å². The van der Waals surface area contributed by atoms with Crippen LogP contribution in [0.3, 0.4) is 0 Å². The molecule has 0 bridgehead atoms. The minimum atomic E-state index is -0.351. The molecule has 0 atom stereocenters. The second-order valence-corrected chi connectivity index (χ2v) is 8.64. The van der Waals surface area contributed by atoms with E-state index < -0.39 is 0 Å². The molecule has 0 N–H and O–H groups in total. The summed E-state index contributed by atoms with van der Waals surface area (Å²) in [4.78, 5) is 18.1. The molecule has 136 valence electrons. The predicted molar refractivity (Wildman–Crippen MR) is 105 cm³/mol. The van der Waals surface area contributed by atoms with Crippen LogP contribution in [0.15, 0.2) is 23.2 Å². The molecule has 1 spiro atoms. The van der Waals surface area contributed by atoms with Crippen molar-refractivity contribution in [2.75, 3.05) is 12.3 Å². The fourth-order valence-corrected chi connectivity index (χ4v) is 5.32. The molecule has 5 nitrogen and oxygen atoms in total. The molecule has 1 aliphatic carbocycles. The number of nitro groups is 1. The Labute approximate surface area is 154 Å². The van der Waals surface area contributed by atoms with Gasteiger partial charge in [0.2, 0.25) is 0 Å². The molecule has 1 saturated carbocycles. The SMILES string of the molecule is Cc1cc([N+](=O)[O-])ccc1/N=C1/SCC2(CCCCC2)N1CC(C)C. The highest BCUT2D eigenvalue weighted by Gasteiger charge is 2.45. The summed E-state index contributed by atoms with van der Waals surface area (Å²) in [6, 6.07) is 4.94. The van der Waals surface area contributed by atoms with Crippen LogP contribution in [0.5, 0.6) is 0 Å². The molecule has 0 aromatic heterocycles. The van der Waals surface area contributed by atoms with Crippen LogP contribution in [0.1, 0.15) is 51.5 Å². The molecule has 0 unspecified atom stereocenters. The van der Waals surface area contributed by atoms with Crippen molar-refractivity contribution in [1.29, 1.82) is 0 Å². The van der Waals surface area contributed by atoms with Gasteiger partial charge in [-0.15, -0.1) is 0 Å². The molecule has 1 saturated heterocycles. The number of nitrogens with zero attached hydrogens (tertiary/aromatic N) is 3. The van der Waals surface area contributed by atoms with Gasteiger partial charge in [-0.1, -0.05) is 44.9 Å². The minimum Gasteiger partial charge on any atom is -0.344 e. The van der Waals surface area contributed by atoms with Crippen LogP contribution < -0.4 is 0 Å². The van der Waals surface area contributed by atoms with E-state index in [9.17, 15) is 10.1 Å². The average molecular weight is 362 g/mol. The number of non-ortho nitro benzene ring substituents is 1. The lowest BCUT2D eigenvalue weighted by atomic mass is 9.81. The highest BCUT2D eigenvalue weighted by atomic mass is 32.2. The Morgan fingerprint density at radius 3 is 2.64 bits per heavy atom. The van der Waals surface area contributed by atoms with Crippen LogP contribution in [0.2, 0.25) is 0 Å². The lowest BCUT2D eigenvalue weighted by Crippen LogP contribution is -2.50. The van der Waals surface area contributed by atoms with Gasteiger partial charge in [-0.3, -0.25) is 10.1 Å². The fraction of sp³-hybridized carbons (Fsp3) is 0.632. The van der Waals surface area contributed by atoms with E-state index in [0.717, 1.165) is 28.7 Å². The number of benzene rings is 1. The summed E-state index contributed by atoms with van der Waals surface area (Å²) in [5, 5.41) is 12.0.